The minimum absolute atomic E-state index is 0.170. The van der Waals surface area contributed by atoms with Crippen LogP contribution in [-0.2, 0) is 9.63 Å². The van der Waals surface area contributed by atoms with Crippen molar-refractivity contribution in [1.29, 1.82) is 0 Å². The van der Waals surface area contributed by atoms with Crippen molar-refractivity contribution in [2.75, 3.05) is 18.5 Å². The average Bonchev–Trinajstić information content (AvgIpc) is 2.59. The van der Waals surface area contributed by atoms with E-state index < -0.39 is 0 Å². The highest BCUT2D eigenvalue weighted by Gasteiger charge is 2.03. The lowest BCUT2D eigenvalue weighted by Gasteiger charge is -2.07. The van der Waals surface area contributed by atoms with Crippen LogP contribution in [0.1, 0.15) is 18.9 Å². The fraction of sp³-hybridized carbons (Fsp3) is 0.222. The molecule has 0 aromatic heterocycles. The normalized spacial score (nSPS) is 10.6. The number of hydrogen-bond donors (Lipinski definition) is 1. The topological polar surface area (TPSA) is 59.9 Å². The quantitative estimate of drug-likeness (QED) is 0.577. The van der Waals surface area contributed by atoms with Crippen LogP contribution in [0.4, 0.5) is 5.69 Å². The molecule has 0 heterocycles. The molecule has 0 spiro atoms. The summed E-state index contributed by atoms with van der Waals surface area (Å²) in [5.74, 6) is 0.360. The molecule has 6 heteroatoms. The van der Waals surface area contributed by atoms with E-state index in [1.165, 1.54) is 6.21 Å². The van der Waals surface area contributed by atoms with Gasteiger partial charge in [-0.1, -0.05) is 41.9 Å². The molecule has 0 saturated heterocycles. The number of nitrogens with one attached hydrogen (secondary N) is 1. The van der Waals surface area contributed by atoms with Crippen molar-refractivity contribution in [3.8, 4) is 5.75 Å². The van der Waals surface area contributed by atoms with Crippen molar-refractivity contribution in [3.05, 3.63) is 59.1 Å². The van der Waals surface area contributed by atoms with E-state index in [4.69, 9.17) is 21.2 Å². The number of halogens is 1. The van der Waals surface area contributed by atoms with E-state index in [0.717, 1.165) is 12.0 Å². The van der Waals surface area contributed by atoms with Crippen molar-refractivity contribution in [2.45, 2.75) is 13.3 Å². The predicted molar refractivity (Wildman–Crippen MR) is 95.9 cm³/mol. The van der Waals surface area contributed by atoms with Crippen LogP contribution in [0, 0.1) is 0 Å². The maximum atomic E-state index is 11.7. The van der Waals surface area contributed by atoms with Gasteiger partial charge in [-0.15, -0.1) is 0 Å². The van der Waals surface area contributed by atoms with E-state index in [1.807, 2.05) is 31.2 Å². The average molecular weight is 347 g/mol. The monoisotopic (exact) mass is 346 g/mol. The number of hydrogen-bond acceptors (Lipinski definition) is 4. The Labute approximate surface area is 146 Å². The fourth-order valence-corrected chi connectivity index (χ4v) is 2.08. The molecule has 2 aromatic carbocycles. The van der Waals surface area contributed by atoms with Gasteiger partial charge in [-0.05, 0) is 42.3 Å². The Morgan fingerprint density at radius 1 is 1.25 bits per heavy atom. The lowest BCUT2D eigenvalue weighted by Crippen LogP contribution is -2.16. The first-order chi connectivity index (χ1) is 11.7. The zero-order chi connectivity index (χ0) is 17.2. The summed E-state index contributed by atoms with van der Waals surface area (Å²) in [7, 11) is 0. The Morgan fingerprint density at radius 3 is 2.75 bits per heavy atom. The highest BCUT2D eigenvalue weighted by atomic mass is 35.5. The molecular weight excluding hydrogens is 328 g/mol. The number of anilines is 1. The third-order valence-electron chi connectivity index (χ3n) is 2.95. The molecule has 0 fully saturated rings. The Balaban J connectivity index is 1.79. The number of amides is 1. The lowest BCUT2D eigenvalue weighted by molar-refractivity contribution is -0.120. The van der Waals surface area contributed by atoms with Gasteiger partial charge < -0.3 is 14.9 Å². The zero-order valence-corrected chi connectivity index (χ0v) is 14.1. The summed E-state index contributed by atoms with van der Waals surface area (Å²) in [5, 5.41) is 6.98. The number of benzene rings is 2. The molecule has 0 unspecified atom stereocenters. The smallest absolute Gasteiger partial charge is 0.265 e. The SMILES string of the molecule is CCCOc1ccc(/C=N/OCC(=O)Nc2ccccc2)cc1Cl. The van der Waals surface area contributed by atoms with Crippen LogP contribution in [0.25, 0.3) is 0 Å². The van der Waals surface area contributed by atoms with Crippen LogP contribution >= 0.6 is 11.6 Å². The molecule has 0 aliphatic rings. The van der Waals surface area contributed by atoms with Crippen LogP contribution in [0.15, 0.2) is 53.7 Å². The summed E-state index contributed by atoms with van der Waals surface area (Å²) < 4.78 is 5.49. The summed E-state index contributed by atoms with van der Waals surface area (Å²) in [6.07, 6.45) is 2.41. The predicted octanol–water partition coefficient (Wildman–Crippen LogP) is 4.12. The molecule has 2 rings (SSSR count). The Morgan fingerprint density at radius 2 is 2.04 bits per heavy atom. The van der Waals surface area contributed by atoms with Crippen molar-refractivity contribution < 1.29 is 14.4 Å². The van der Waals surface area contributed by atoms with Gasteiger partial charge in [-0.25, -0.2) is 0 Å². The van der Waals surface area contributed by atoms with E-state index in [1.54, 1.807) is 24.3 Å². The van der Waals surface area contributed by atoms with Crippen molar-refractivity contribution in [3.63, 3.8) is 0 Å². The molecule has 126 valence electrons. The largest absolute Gasteiger partial charge is 0.492 e. The molecule has 0 atom stereocenters. The first-order valence-electron chi connectivity index (χ1n) is 7.61. The van der Waals surface area contributed by atoms with E-state index in [0.29, 0.717) is 23.1 Å². The minimum Gasteiger partial charge on any atom is -0.492 e. The first-order valence-corrected chi connectivity index (χ1v) is 7.99. The summed E-state index contributed by atoms with van der Waals surface area (Å²) in [5.41, 5.74) is 1.47. The number of nitrogens with zero attached hydrogens (tertiary/aromatic N) is 1. The van der Waals surface area contributed by atoms with Crippen molar-refractivity contribution >= 4 is 29.4 Å². The molecule has 1 amide bonds. The fourth-order valence-electron chi connectivity index (χ4n) is 1.84. The van der Waals surface area contributed by atoms with Gasteiger partial charge in [0.2, 0.25) is 0 Å². The molecule has 0 aliphatic heterocycles. The number of carbonyl (C=O) groups excluding carboxylic acids is 1. The van der Waals surface area contributed by atoms with E-state index in [-0.39, 0.29) is 12.5 Å². The van der Waals surface area contributed by atoms with Crippen molar-refractivity contribution in [1.82, 2.24) is 0 Å². The van der Waals surface area contributed by atoms with E-state index in [9.17, 15) is 4.79 Å². The Bertz CT molecular complexity index is 690. The highest BCUT2D eigenvalue weighted by molar-refractivity contribution is 6.32. The van der Waals surface area contributed by atoms with Gasteiger partial charge in [0.15, 0.2) is 6.61 Å². The van der Waals surface area contributed by atoms with Crippen LogP contribution in [0.2, 0.25) is 5.02 Å². The summed E-state index contributed by atoms with van der Waals surface area (Å²) in [6.45, 7) is 2.48. The molecule has 2 aromatic rings. The maximum Gasteiger partial charge on any atom is 0.265 e. The van der Waals surface area contributed by atoms with E-state index >= 15 is 0 Å². The van der Waals surface area contributed by atoms with Gasteiger partial charge in [0, 0.05) is 5.69 Å². The number of carbonyl (C=O) groups is 1. The third-order valence-corrected chi connectivity index (χ3v) is 3.24. The van der Waals surface area contributed by atoms with Gasteiger partial charge in [0.25, 0.3) is 5.91 Å². The van der Waals surface area contributed by atoms with Crippen molar-refractivity contribution in [2.24, 2.45) is 5.16 Å². The Hall–Kier alpha value is -2.53. The second kappa shape index (κ2) is 9.57. The van der Waals surface area contributed by atoms with Crippen LogP contribution in [0.3, 0.4) is 0 Å². The number of ether oxygens (including phenoxy) is 1. The number of para-hydroxylation sites is 1. The van der Waals surface area contributed by atoms with Gasteiger partial charge in [-0.2, -0.15) is 0 Å². The van der Waals surface area contributed by atoms with Crippen LogP contribution < -0.4 is 10.1 Å². The molecule has 0 bridgehead atoms. The summed E-state index contributed by atoms with van der Waals surface area (Å²) in [4.78, 5) is 16.7. The molecular formula is C18H19ClN2O3. The number of rotatable bonds is 8. The zero-order valence-electron chi connectivity index (χ0n) is 13.4. The van der Waals surface area contributed by atoms with Crippen LogP contribution in [-0.4, -0.2) is 25.3 Å². The van der Waals surface area contributed by atoms with Gasteiger partial charge in [-0.3, -0.25) is 4.79 Å². The maximum absolute atomic E-state index is 11.7. The van der Waals surface area contributed by atoms with Gasteiger partial charge >= 0.3 is 0 Å². The Kier molecular flexibility index (Phi) is 7.11. The van der Waals surface area contributed by atoms with Gasteiger partial charge in [0.1, 0.15) is 5.75 Å². The highest BCUT2D eigenvalue weighted by Crippen LogP contribution is 2.25. The van der Waals surface area contributed by atoms with E-state index in [2.05, 4.69) is 10.5 Å². The molecule has 0 radical (unpaired) electrons. The molecule has 5 nitrogen and oxygen atoms in total. The molecule has 0 saturated carbocycles. The first kappa shape index (κ1) is 17.8. The molecule has 24 heavy (non-hydrogen) atoms. The second-order valence-corrected chi connectivity index (χ2v) is 5.37. The standard InChI is InChI=1S/C18H19ClN2O3/c1-2-10-23-17-9-8-14(11-16(17)19)12-20-24-13-18(22)21-15-6-4-3-5-7-15/h3-9,11-12H,2,10,13H2,1H3,(H,21,22)/b20-12+. The molecule has 0 aliphatic carbocycles. The lowest BCUT2D eigenvalue weighted by atomic mass is 10.2. The minimum atomic E-state index is -0.278. The second-order valence-electron chi connectivity index (χ2n) is 4.96. The summed E-state index contributed by atoms with van der Waals surface area (Å²) in [6, 6.07) is 14.5. The summed E-state index contributed by atoms with van der Waals surface area (Å²) >= 11 is 6.13. The van der Waals surface area contributed by atoms with Crippen LogP contribution in [0.5, 0.6) is 5.75 Å². The number of oxime groups is 1. The third kappa shape index (κ3) is 5.93. The molecule has 1 N–H and O–H groups in total. The van der Waals surface area contributed by atoms with Gasteiger partial charge in [0.05, 0.1) is 17.8 Å².